The third-order valence-electron chi connectivity index (χ3n) is 2.81. The smallest absolute Gasteiger partial charge is 0.355 e. The highest BCUT2D eigenvalue weighted by molar-refractivity contribution is 7.09. The van der Waals surface area contributed by atoms with Crippen molar-refractivity contribution in [3.63, 3.8) is 0 Å². The summed E-state index contributed by atoms with van der Waals surface area (Å²) in [4.78, 5) is 14.9. The molecule has 0 saturated carbocycles. The van der Waals surface area contributed by atoms with E-state index in [0.717, 1.165) is 16.4 Å². The van der Waals surface area contributed by atoms with Crippen molar-refractivity contribution in [1.82, 2.24) is 9.55 Å². The summed E-state index contributed by atoms with van der Waals surface area (Å²) < 4.78 is 2.16. The first kappa shape index (κ1) is 11.9. The normalized spacial score (nSPS) is 12.6. The van der Waals surface area contributed by atoms with Gasteiger partial charge in [0.1, 0.15) is 5.01 Å². The third-order valence-corrected chi connectivity index (χ3v) is 3.83. The number of aromatic nitrogens is 2. The highest BCUT2D eigenvalue weighted by atomic mass is 32.1. The molecule has 0 bridgehead atoms. The van der Waals surface area contributed by atoms with E-state index in [9.17, 15) is 4.79 Å². The molecule has 2 rings (SSSR count). The quantitative estimate of drug-likeness (QED) is 0.911. The number of carboxylic acids is 1. The lowest BCUT2D eigenvalue weighted by Crippen LogP contribution is -2.10. The molecule has 2 heterocycles. The van der Waals surface area contributed by atoms with E-state index in [-0.39, 0.29) is 11.7 Å². The fraction of sp³-hybridized carbons (Fsp3) is 0.333. The summed E-state index contributed by atoms with van der Waals surface area (Å²) in [5.74, 6) is -0.972. The zero-order valence-corrected chi connectivity index (χ0v) is 10.8. The number of aromatic carboxylic acids is 1. The summed E-state index contributed by atoms with van der Waals surface area (Å²) >= 11 is 1.39. The van der Waals surface area contributed by atoms with E-state index in [1.165, 1.54) is 11.3 Å². The van der Waals surface area contributed by atoms with Crippen molar-refractivity contribution in [3.05, 3.63) is 39.6 Å². The molecule has 1 atom stereocenters. The van der Waals surface area contributed by atoms with Crippen molar-refractivity contribution in [1.29, 1.82) is 0 Å². The molecule has 0 aromatic carbocycles. The van der Waals surface area contributed by atoms with Gasteiger partial charge in [-0.1, -0.05) is 0 Å². The van der Waals surface area contributed by atoms with Crippen LogP contribution in [0, 0.1) is 13.8 Å². The minimum atomic E-state index is -0.972. The number of hydrogen-bond donors (Lipinski definition) is 1. The molecule has 17 heavy (non-hydrogen) atoms. The average molecular weight is 250 g/mol. The molecule has 0 spiro atoms. The molecule has 0 fully saturated rings. The Morgan fingerprint density at radius 1 is 1.41 bits per heavy atom. The highest BCUT2D eigenvalue weighted by Crippen LogP contribution is 2.25. The largest absolute Gasteiger partial charge is 0.476 e. The van der Waals surface area contributed by atoms with E-state index in [4.69, 9.17) is 5.11 Å². The Balaban J connectivity index is 2.37. The highest BCUT2D eigenvalue weighted by Gasteiger charge is 2.17. The Hall–Kier alpha value is -1.62. The van der Waals surface area contributed by atoms with E-state index in [1.54, 1.807) is 5.38 Å². The monoisotopic (exact) mass is 250 g/mol. The molecule has 2 aromatic rings. The summed E-state index contributed by atoms with van der Waals surface area (Å²) in [6.45, 7) is 6.11. The van der Waals surface area contributed by atoms with E-state index in [2.05, 4.69) is 21.7 Å². The Morgan fingerprint density at radius 3 is 2.47 bits per heavy atom. The maximum absolute atomic E-state index is 10.8. The van der Waals surface area contributed by atoms with Crippen LogP contribution >= 0.6 is 11.3 Å². The maximum Gasteiger partial charge on any atom is 0.355 e. The average Bonchev–Trinajstić information content (AvgIpc) is 2.85. The van der Waals surface area contributed by atoms with Gasteiger partial charge >= 0.3 is 5.97 Å². The summed E-state index contributed by atoms with van der Waals surface area (Å²) in [6, 6.07) is 4.18. The van der Waals surface area contributed by atoms with Gasteiger partial charge in [0, 0.05) is 16.8 Å². The lowest BCUT2D eigenvalue weighted by Gasteiger charge is -2.15. The number of hydrogen-bond acceptors (Lipinski definition) is 3. The van der Waals surface area contributed by atoms with Crippen LogP contribution in [0.1, 0.15) is 39.8 Å². The van der Waals surface area contributed by atoms with Gasteiger partial charge in [0.25, 0.3) is 0 Å². The second kappa shape index (κ2) is 4.33. The van der Waals surface area contributed by atoms with E-state index >= 15 is 0 Å². The summed E-state index contributed by atoms with van der Waals surface area (Å²) in [5, 5.41) is 11.3. The molecule has 4 nitrogen and oxygen atoms in total. The fourth-order valence-electron chi connectivity index (χ4n) is 1.98. The van der Waals surface area contributed by atoms with Gasteiger partial charge in [-0.05, 0) is 32.9 Å². The van der Waals surface area contributed by atoms with Crippen molar-refractivity contribution >= 4 is 17.3 Å². The van der Waals surface area contributed by atoms with Crippen LogP contribution in [0.15, 0.2) is 17.5 Å². The lowest BCUT2D eigenvalue weighted by atomic mass is 10.3. The van der Waals surface area contributed by atoms with Crippen molar-refractivity contribution in [2.45, 2.75) is 26.8 Å². The number of rotatable bonds is 3. The van der Waals surface area contributed by atoms with Crippen molar-refractivity contribution < 1.29 is 9.90 Å². The molecular weight excluding hydrogens is 236 g/mol. The number of thiazole rings is 1. The maximum atomic E-state index is 10.8. The first-order valence-corrected chi connectivity index (χ1v) is 6.22. The molecule has 0 aliphatic rings. The van der Waals surface area contributed by atoms with Gasteiger partial charge in [0.15, 0.2) is 5.69 Å². The van der Waals surface area contributed by atoms with Gasteiger partial charge in [-0.25, -0.2) is 9.78 Å². The predicted octanol–water partition coefficient (Wildman–Crippen LogP) is 2.87. The molecule has 1 N–H and O–H groups in total. The van der Waals surface area contributed by atoms with Crippen LogP contribution in [0.25, 0.3) is 0 Å². The molecule has 0 amide bonds. The van der Waals surface area contributed by atoms with Crippen molar-refractivity contribution in [2.24, 2.45) is 0 Å². The molecular formula is C12H14N2O2S. The van der Waals surface area contributed by atoms with Crippen LogP contribution in [0.3, 0.4) is 0 Å². The number of carbonyl (C=O) groups is 1. The van der Waals surface area contributed by atoms with Gasteiger partial charge in [-0.15, -0.1) is 11.3 Å². The zero-order chi connectivity index (χ0) is 12.6. The standard InChI is InChI=1S/C12H14N2O2S/c1-7-4-5-8(2)14(7)9(3)11-13-10(6-17-11)12(15)16/h4-6,9H,1-3H3,(H,15,16). The molecule has 2 aromatic heterocycles. The second-order valence-corrected chi connectivity index (χ2v) is 4.93. The van der Waals surface area contributed by atoms with Crippen LogP contribution in [0.5, 0.6) is 0 Å². The summed E-state index contributed by atoms with van der Waals surface area (Å²) in [5.41, 5.74) is 2.43. The van der Waals surface area contributed by atoms with Crippen molar-refractivity contribution in [2.75, 3.05) is 0 Å². The van der Waals surface area contributed by atoms with E-state index < -0.39 is 5.97 Å². The fourth-order valence-corrected chi connectivity index (χ4v) is 2.82. The lowest BCUT2D eigenvalue weighted by molar-refractivity contribution is 0.0691. The number of carboxylic acid groups (broad SMARTS) is 1. The summed E-state index contributed by atoms with van der Waals surface area (Å²) in [6.07, 6.45) is 0. The second-order valence-electron chi connectivity index (χ2n) is 4.04. The van der Waals surface area contributed by atoms with Gasteiger partial charge in [0.05, 0.1) is 6.04 Å². The Morgan fingerprint density at radius 2 is 2.00 bits per heavy atom. The van der Waals surface area contributed by atoms with Gasteiger partial charge in [-0.3, -0.25) is 0 Å². The van der Waals surface area contributed by atoms with Crippen LogP contribution < -0.4 is 0 Å². The first-order chi connectivity index (χ1) is 8.00. The molecule has 0 aliphatic carbocycles. The minimum Gasteiger partial charge on any atom is -0.476 e. The molecule has 0 radical (unpaired) electrons. The van der Waals surface area contributed by atoms with Gasteiger partial charge in [0.2, 0.25) is 0 Å². The van der Waals surface area contributed by atoms with Gasteiger partial charge in [-0.2, -0.15) is 0 Å². The molecule has 90 valence electrons. The van der Waals surface area contributed by atoms with Gasteiger partial charge < -0.3 is 9.67 Å². The number of nitrogens with zero attached hydrogens (tertiary/aromatic N) is 2. The van der Waals surface area contributed by atoms with Crippen LogP contribution in [-0.4, -0.2) is 20.6 Å². The first-order valence-electron chi connectivity index (χ1n) is 5.34. The minimum absolute atomic E-state index is 0.0723. The SMILES string of the molecule is Cc1ccc(C)n1C(C)c1nc(C(=O)O)cs1. The van der Waals surface area contributed by atoms with Crippen LogP contribution in [0.4, 0.5) is 0 Å². The zero-order valence-electron chi connectivity index (χ0n) is 9.97. The van der Waals surface area contributed by atoms with E-state index in [1.807, 2.05) is 20.8 Å². The third kappa shape index (κ3) is 2.10. The Labute approximate surface area is 104 Å². The van der Waals surface area contributed by atoms with E-state index in [0.29, 0.717) is 0 Å². The molecule has 0 aliphatic heterocycles. The molecule has 5 heteroatoms. The molecule has 1 unspecified atom stereocenters. The Bertz CT molecular complexity index is 537. The predicted molar refractivity (Wildman–Crippen MR) is 66.8 cm³/mol. The molecule has 0 saturated heterocycles. The van der Waals surface area contributed by atoms with Crippen molar-refractivity contribution in [3.8, 4) is 0 Å². The summed E-state index contributed by atoms with van der Waals surface area (Å²) in [7, 11) is 0. The number of aryl methyl sites for hydroxylation is 2. The van der Waals surface area contributed by atoms with Crippen LogP contribution in [-0.2, 0) is 0 Å². The topological polar surface area (TPSA) is 55.1 Å². The Kier molecular flexibility index (Phi) is 3.02. The van der Waals surface area contributed by atoms with Crippen LogP contribution in [0.2, 0.25) is 0 Å².